The predicted molar refractivity (Wildman–Crippen MR) is 97.5 cm³/mol. The molecule has 0 amide bonds. The molecule has 0 atom stereocenters. The maximum atomic E-state index is 11.9. The van der Waals surface area contributed by atoms with Crippen LogP contribution in [0.4, 0.5) is 0 Å². The van der Waals surface area contributed by atoms with Crippen molar-refractivity contribution in [3.05, 3.63) is 68.6 Å². The Morgan fingerprint density at radius 3 is 2.57 bits per heavy atom. The van der Waals surface area contributed by atoms with E-state index < -0.39 is 5.63 Å². The Kier molecular flexibility index (Phi) is 4.76. The molecule has 0 fully saturated rings. The predicted octanol–water partition coefficient (Wildman–Crippen LogP) is 4.37. The molecule has 1 aromatic heterocycles. The third-order valence-corrected chi connectivity index (χ3v) is 3.88. The summed E-state index contributed by atoms with van der Waals surface area (Å²) in [4.78, 5) is 16.4. The second-order valence-electron chi connectivity index (χ2n) is 4.84. The van der Waals surface area contributed by atoms with Gasteiger partial charge >= 0.3 is 5.63 Å². The second kappa shape index (κ2) is 6.95. The van der Waals surface area contributed by atoms with Gasteiger partial charge in [-0.05, 0) is 65.9 Å². The molecule has 3 rings (SSSR count). The van der Waals surface area contributed by atoms with Crippen molar-refractivity contribution in [2.45, 2.75) is 6.92 Å². The van der Waals surface area contributed by atoms with E-state index in [1.807, 2.05) is 55.5 Å². The van der Waals surface area contributed by atoms with Gasteiger partial charge in [-0.15, -0.1) is 0 Å². The van der Waals surface area contributed by atoms with E-state index in [4.69, 9.17) is 9.15 Å². The van der Waals surface area contributed by atoms with Crippen LogP contribution >= 0.6 is 22.6 Å². The number of rotatable bonds is 4. The van der Waals surface area contributed by atoms with E-state index in [1.165, 1.54) is 6.07 Å². The summed E-state index contributed by atoms with van der Waals surface area (Å²) in [6, 6.07) is 16.5. The maximum Gasteiger partial charge on any atom is 0.339 e. The molecule has 1 heterocycles. The molecule has 116 valence electrons. The van der Waals surface area contributed by atoms with E-state index in [2.05, 4.69) is 27.6 Å². The first-order valence-corrected chi connectivity index (χ1v) is 8.25. The van der Waals surface area contributed by atoms with Gasteiger partial charge in [0.1, 0.15) is 5.75 Å². The molecule has 0 N–H and O–H groups in total. The quantitative estimate of drug-likeness (QED) is 0.590. The highest BCUT2D eigenvalue weighted by Gasteiger charge is 2.09. The molecule has 0 bridgehead atoms. The molecule has 0 aliphatic rings. The van der Waals surface area contributed by atoms with E-state index >= 15 is 0 Å². The highest BCUT2D eigenvalue weighted by molar-refractivity contribution is 14.1. The smallest absolute Gasteiger partial charge is 0.339 e. The van der Waals surface area contributed by atoms with Gasteiger partial charge in [-0.2, -0.15) is 0 Å². The lowest BCUT2D eigenvalue weighted by molar-refractivity contribution is 0.340. The van der Waals surface area contributed by atoms with Crippen LogP contribution in [0.1, 0.15) is 6.92 Å². The highest BCUT2D eigenvalue weighted by atomic mass is 127. The molecule has 0 saturated heterocycles. The van der Waals surface area contributed by atoms with Crippen molar-refractivity contribution in [3.8, 4) is 28.5 Å². The van der Waals surface area contributed by atoms with Crippen LogP contribution in [0, 0.1) is 3.57 Å². The standard InChI is InChI=1S/C18H14INO3/c1-2-22-15-8-6-12(7-9-15)18-20-16(11-17(21)23-18)13-4-3-5-14(19)10-13/h3-11H,2H2,1H3. The Labute approximate surface area is 147 Å². The van der Waals surface area contributed by atoms with Crippen molar-refractivity contribution in [1.29, 1.82) is 0 Å². The first-order valence-electron chi connectivity index (χ1n) is 7.17. The number of hydrogen-bond acceptors (Lipinski definition) is 4. The summed E-state index contributed by atoms with van der Waals surface area (Å²) in [7, 11) is 0. The summed E-state index contributed by atoms with van der Waals surface area (Å²) in [5, 5.41) is 0. The van der Waals surface area contributed by atoms with Gasteiger partial charge in [0.2, 0.25) is 5.89 Å². The SMILES string of the molecule is CCOc1ccc(-c2nc(-c3cccc(I)c3)cc(=O)o2)cc1. The summed E-state index contributed by atoms with van der Waals surface area (Å²) >= 11 is 2.23. The average Bonchev–Trinajstić information content (AvgIpc) is 2.55. The number of halogens is 1. The Hall–Kier alpha value is -2.15. The van der Waals surface area contributed by atoms with Gasteiger partial charge in [0, 0.05) is 14.7 Å². The number of benzene rings is 2. The summed E-state index contributed by atoms with van der Waals surface area (Å²) in [6.07, 6.45) is 0. The van der Waals surface area contributed by atoms with Crippen LogP contribution in [-0.2, 0) is 0 Å². The van der Waals surface area contributed by atoms with Crippen molar-refractivity contribution >= 4 is 22.6 Å². The number of aromatic nitrogens is 1. The van der Waals surface area contributed by atoms with Crippen molar-refractivity contribution < 1.29 is 9.15 Å². The molecule has 0 spiro atoms. The minimum Gasteiger partial charge on any atom is -0.494 e. The summed E-state index contributed by atoms with van der Waals surface area (Å²) in [6.45, 7) is 2.54. The van der Waals surface area contributed by atoms with E-state index in [0.717, 1.165) is 20.4 Å². The fourth-order valence-corrected chi connectivity index (χ4v) is 2.72. The summed E-state index contributed by atoms with van der Waals surface area (Å²) < 4.78 is 11.7. The van der Waals surface area contributed by atoms with Crippen LogP contribution < -0.4 is 10.4 Å². The number of ether oxygens (including phenoxy) is 1. The van der Waals surface area contributed by atoms with Crippen LogP contribution in [0.2, 0.25) is 0 Å². The number of nitrogens with zero attached hydrogens (tertiary/aromatic N) is 1. The normalized spacial score (nSPS) is 10.5. The zero-order valence-electron chi connectivity index (χ0n) is 12.5. The molecule has 0 saturated carbocycles. The van der Waals surface area contributed by atoms with Gasteiger partial charge in [0.05, 0.1) is 18.4 Å². The Morgan fingerprint density at radius 1 is 1.09 bits per heavy atom. The minimum atomic E-state index is -0.419. The van der Waals surface area contributed by atoms with Gasteiger partial charge in [-0.1, -0.05) is 12.1 Å². The lowest BCUT2D eigenvalue weighted by Crippen LogP contribution is -2.02. The minimum absolute atomic E-state index is 0.300. The molecule has 4 nitrogen and oxygen atoms in total. The molecule has 3 aromatic rings. The second-order valence-corrected chi connectivity index (χ2v) is 6.08. The lowest BCUT2D eigenvalue weighted by Gasteiger charge is -2.06. The van der Waals surface area contributed by atoms with Crippen LogP contribution in [0.25, 0.3) is 22.7 Å². The van der Waals surface area contributed by atoms with Crippen molar-refractivity contribution in [3.63, 3.8) is 0 Å². The first-order chi connectivity index (χ1) is 11.2. The van der Waals surface area contributed by atoms with E-state index in [1.54, 1.807) is 0 Å². The Balaban J connectivity index is 2.02. The van der Waals surface area contributed by atoms with Crippen molar-refractivity contribution in [1.82, 2.24) is 4.98 Å². The Morgan fingerprint density at radius 2 is 1.87 bits per heavy atom. The zero-order chi connectivity index (χ0) is 16.2. The van der Waals surface area contributed by atoms with Crippen molar-refractivity contribution in [2.24, 2.45) is 0 Å². The van der Waals surface area contributed by atoms with Crippen LogP contribution in [0.3, 0.4) is 0 Å². The monoisotopic (exact) mass is 419 g/mol. The first kappa shape index (κ1) is 15.7. The van der Waals surface area contributed by atoms with Crippen LogP contribution in [0.15, 0.2) is 63.8 Å². The average molecular weight is 419 g/mol. The Bertz CT molecular complexity index is 872. The molecule has 0 aliphatic carbocycles. The molecule has 5 heteroatoms. The van der Waals surface area contributed by atoms with E-state index in [0.29, 0.717) is 18.2 Å². The van der Waals surface area contributed by atoms with Crippen LogP contribution in [-0.4, -0.2) is 11.6 Å². The van der Waals surface area contributed by atoms with E-state index in [9.17, 15) is 4.79 Å². The van der Waals surface area contributed by atoms with Crippen molar-refractivity contribution in [2.75, 3.05) is 6.61 Å². The fourth-order valence-electron chi connectivity index (χ4n) is 2.18. The zero-order valence-corrected chi connectivity index (χ0v) is 14.6. The molecular weight excluding hydrogens is 405 g/mol. The topological polar surface area (TPSA) is 52.3 Å². The number of hydrogen-bond donors (Lipinski definition) is 0. The summed E-state index contributed by atoms with van der Waals surface area (Å²) in [5.74, 6) is 1.07. The summed E-state index contributed by atoms with van der Waals surface area (Å²) in [5.41, 5.74) is 1.80. The van der Waals surface area contributed by atoms with Crippen LogP contribution in [0.5, 0.6) is 5.75 Å². The molecule has 0 radical (unpaired) electrons. The van der Waals surface area contributed by atoms with Gasteiger partial charge in [-0.25, -0.2) is 9.78 Å². The molecule has 0 unspecified atom stereocenters. The maximum absolute atomic E-state index is 11.9. The largest absolute Gasteiger partial charge is 0.494 e. The highest BCUT2D eigenvalue weighted by Crippen LogP contribution is 2.24. The van der Waals surface area contributed by atoms with E-state index in [-0.39, 0.29) is 0 Å². The molecule has 23 heavy (non-hydrogen) atoms. The molecule has 0 aliphatic heterocycles. The lowest BCUT2D eigenvalue weighted by atomic mass is 10.1. The van der Waals surface area contributed by atoms with Gasteiger partial charge in [0.25, 0.3) is 0 Å². The third kappa shape index (κ3) is 3.79. The molecular formula is C18H14INO3. The third-order valence-electron chi connectivity index (χ3n) is 3.21. The van der Waals surface area contributed by atoms with Gasteiger partial charge in [0.15, 0.2) is 0 Å². The van der Waals surface area contributed by atoms with Gasteiger partial charge in [-0.3, -0.25) is 0 Å². The van der Waals surface area contributed by atoms with Gasteiger partial charge < -0.3 is 9.15 Å². The fraction of sp³-hybridized carbons (Fsp3) is 0.111. The molecule has 2 aromatic carbocycles.